The summed E-state index contributed by atoms with van der Waals surface area (Å²) in [4.78, 5) is 11.9. The molecule has 0 aliphatic heterocycles. The molecule has 1 rings (SSSR count). The first-order valence-corrected chi connectivity index (χ1v) is 7.57. The molecule has 20 heavy (non-hydrogen) atoms. The Bertz CT molecular complexity index is 398. The van der Waals surface area contributed by atoms with Gasteiger partial charge in [-0.1, -0.05) is 45.4 Å². The van der Waals surface area contributed by atoms with Gasteiger partial charge in [0.25, 0.3) is 5.91 Å². The van der Waals surface area contributed by atoms with E-state index in [0.717, 1.165) is 6.42 Å². The minimum atomic E-state index is -0.102. The van der Waals surface area contributed by atoms with Crippen LogP contribution in [0.2, 0.25) is 0 Å². The third-order valence-electron chi connectivity index (χ3n) is 3.31. The Morgan fingerprint density at radius 3 is 2.10 bits per heavy atom. The number of carbonyl (C=O) groups excluding carboxylic acids is 1. The van der Waals surface area contributed by atoms with Gasteiger partial charge in [0.15, 0.2) is 0 Å². The fourth-order valence-electron chi connectivity index (χ4n) is 2.19. The highest BCUT2D eigenvalue weighted by Gasteiger charge is 2.06. The normalized spacial score (nSPS) is 10.4. The van der Waals surface area contributed by atoms with E-state index in [1.165, 1.54) is 38.5 Å². The number of nitrogens with two attached hydrogens (primary N) is 2. The van der Waals surface area contributed by atoms with Crippen molar-refractivity contribution in [3.63, 3.8) is 0 Å². The van der Waals surface area contributed by atoms with Crippen LogP contribution in [-0.4, -0.2) is 12.5 Å². The second-order valence-electron chi connectivity index (χ2n) is 5.27. The lowest BCUT2D eigenvalue weighted by Crippen LogP contribution is -2.24. The summed E-state index contributed by atoms with van der Waals surface area (Å²) >= 11 is 0. The van der Waals surface area contributed by atoms with Gasteiger partial charge in [-0.15, -0.1) is 0 Å². The maximum atomic E-state index is 11.9. The lowest BCUT2D eigenvalue weighted by Gasteiger charge is -2.07. The molecule has 0 radical (unpaired) electrons. The Hall–Kier alpha value is -1.71. The summed E-state index contributed by atoms with van der Waals surface area (Å²) in [6.45, 7) is 2.93. The van der Waals surface area contributed by atoms with E-state index < -0.39 is 0 Å². The van der Waals surface area contributed by atoms with Crippen LogP contribution >= 0.6 is 0 Å². The fraction of sp³-hybridized carbons (Fsp3) is 0.562. The number of nitrogen functional groups attached to an aromatic ring is 2. The Balaban J connectivity index is 2.17. The van der Waals surface area contributed by atoms with Crippen LogP contribution in [-0.2, 0) is 0 Å². The van der Waals surface area contributed by atoms with Crippen molar-refractivity contribution in [2.45, 2.75) is 51.9 Å². The first kappa shape index (κ1) is 16.3. The lowest BCUT2D eigenvalue weighted by atomic mass is 10.1. The highest BCUT2D eigenvalue weighted by Crippen LogP contribution is 2.13. The lowest BCUT2D eigenvalue weighted by molar-refractivity contribution is 0.0953. The zero-order chi connectivity index (χ0) is 14.8. The summed E-state index contributed by atoms with van der Waals surface area (Å²) in [5.74, 6) is -0.102. The molecule has 0 aliphatic carbocycles. The largest absolute Gasteiger partial charge is 0.399 e. The van der Waals surface area contributed by atoms with Crippen LogP contribution in [0.3, 0.4) is 0 Å². The second kappa shape index (κ2) is 9.23. The SMILES string of the molecule is CCCCCCCCCNC(=O)c1cc(N)cc(N)c1. The molecule has 0 fully saturated rings. The molecule has 112 valence electrons. The highest BCUT2D eigenvalue weighted by molar-refractivity contribution is 5.96. The summed E-state index contributed by atoms with van der Waals surface area (Å²) in [7, 11) is 0. The smallest absolute Gasteiger partial charge is 0.251 e. The summed E-state index contributed by atoms with van der Waals surface area (Å²) in [6, 6.07) is 4.94. The Labute approximate surface area is 121 Å². The average molecular weight is 277 g/mol. The molecule has 5 N–H and O–H groups in total. The van der Waals surface area contributed by atoms with Gasteiger partial charge in [0.05, 0.1) is 0 Å². The van der Waals surface area contributed by atoms with Gasteiger partial charge in [-0.25, -0.2) is 0 Å². The van der Waals surface area contributed by atoms with Crippen molar-refractivity contribution in [2.75, 3.05) is 18.0 Å². The van der Waals surface area contributed by atoms with E-state index in [2.05, 4.69) is 12.2 Å². The van der Waals surface area contributed by atoms with Crippen molar-refractivity contribution >= 4 is 17.3 Å². The molecule has 0 bridgehead atoms. The van der Waals surface area contributed by atoms with Crippen LogP contribution in [0, 0.1) is 0 Å². The molecule has 1 aromatic rings. The zero-order valence-corrected chi connectivity index (χ0v) is 12.5. The Morgan fingerprint density at radius 2 is 1.50 bits per heavy atom. The fourth-order valence-corrected chi connectivity index (χ4v) is 2.19. The van der Waals surface area contributed by atoms with Crippen molar-refractivity contribution < 1.29 is 4.79 Å². The molecule has 0 unspecified atom stereocenters. The minimum absolute atomic E-state index is 0.102. The van der Waals surface area contributed by atoms with Gasteiger partial charge in [0.1, 0.15) is 0 Å². The molecule has 4 nitrogen and oxygen atoms in total. The van der Waals surface area contributed by atoms with E-state index in [9.17, 15) is 4.79 Å². The molecule has 0 aromatic heterocycles. The first-order chi connectivity index (χ1) is 9.63. The number of nitrogens with one attached hydrogen (secondary N) is 1. The van der Waals surface area contributed by atoms with Crippen LogP contribution in [0.4, 0.5) is 11.4 Å². The van der Waals surface area contributed by atoms with Gasteiger partial charge in [-0.05, 0) is 24.6 Å². The zero-order valence-electron chi connectivity index (χ0n) is 12.5. The summed E-state index contributed by atoms with van der Waals surface area (Å²) in [5.41, 5.74) is 12.9. The van der Waals surface area contributed by atoms with Crippen LogP contribution in [0.25, 0.3) is 0 Å². The van der Waals surface area contributed by atoms with E-state index in [4.69, 9.17) is 11.5 Å². The number of carbonyl (C=O) groups is 1. The predicted octanol–water partition coefficient (Wildman–Crippen LogP) is 3.33. The number of rotatable bonds is 9. The van der Waals surface area contributed by atoms with Gasteiger partial charge >= 0.3 is 0 Å². The number of benzene rings is 1. The molecule has 1 amide bonds. The molecule has 0 aliphatic rings. The summed E-state index contributed by atoms with van der Waals surface area (Å²) in [5, 5.41) is 2.91. The topological polar surface area (TPSA) is 81.1 Å². The van der Waals surface area contributed by atoms with E-state index in [1.54, 1.807) is 18.2 Å². The van der Waals surface area contributed by atoms with Crippen molar-refractivity contribution in [1.82, 2.24) is 5.32 Å². The quantitative estimate of drug-likeness (QED) is 0.478. The number of hydrogen-bond donors (Lipinski definition) is 3. The van der Waals surface area contributed by atoms with Crippen LogP contribution in [0.1, 0.15) is 62.2 Å². The maximum absolute atomic E-state index is 11.9. The standard InChI is InChI=1S/C16H27N3O/c1-2-3-4-5-6-7-8-9-19-16(20)13-10-14(17)12-15(18)11-13/h10-12H,2-9,17-18H2,1H3,(H,19,20). The number of amides is 1. The Morgan fingerprint density at radius 1 is 0.950 bits per heavy atom. The van der Waals surface area contributed by atoms with Gasteiger partial charge in [0.2, 0.25) is 0 Å². The van der Waals surface area contributed by atoms with Crippen molar-refractivity contribution in [2.24, 2.45) is 0 Å². The molecular weight excluding hydrogens is 250 g/mol. The van der Waals surface area contributed by atoms with Gasteiger partial charge in [-0.2, -0.15) is 0 Å². The number of hydrogen-bond acceptors (Lipinski definition) is 3. The van der Waals surface area contributed by atoms with Crippen molar-refractivity contribution in [3.05, 3.63) is 23.8 Å². The number of anilines is 2. The predicted molar refractivity (Wildman–Crippen MR) is 85.6 cm³/mol. The van der Waals surface area contributed by atoms with E-state index in [0.29, 0.717) is 23.5 Å². The van der Waals surface area contributed by atoms with Crippen LogP contribution in [0.5, 0.6) is 0 Å². The van der Waals surface area contributed by atoms with E-state index in [1.807, 2.05) is 0 Å². The number of unbranched alkanes of at least 4 members (excludes halogenated alkanes) is 6. The summed E-state index contributed by atoms with van der Waals surface area (Å²) in [6.07, 6.45) is 8.67. The molecule has 0 heterocycles. The Kier molecular flexibility index (Phi) is 7.55. The van der Waals surface area contributed by atoms with Crippen LogP contribution in [0.15, 0.2) is 18.2 Å². The van der Waals surface area contributed by atoms with Gasteiger partial charge < -0.3 is 16.8 Å². The maximum Gasteiger partial charge on any atom is 0.251 e. The minimum Gasteiger partial charge on any atom is -0.399 e. The first-order valence-electron chi connectivity index (χ1n) is 7.57. The van der Waals surface area contributed by atoms with Crippen molar-refractivity contribution in [1.29, 1.82) is 0 Å². The van der Waals surface area contributed by atoms with Crippen LogP contribution < -0.4 is 16.8 Å². The monoisotopic (exact) mass is 277 g/mol. The molecule has 0 spiro atoms. The summed E-state index contributed by atoms with van der Waals surface area (Å²) < 4.78 is 0. The molecule has 0 saturated heterocycles. The van der Waals surface area contributed by atoms with Gasteiger partial charge in [0, 0.05) is 23.5 Å². The molecule has 0 atom stereocenters. The average Bonchev–Trinajstić information content (AvgIpc) is 2.40. The second-order valence-corrected chi connectivity index (χ2v) is 5.27. The molecular formula is C16H27N3O. The van der Waals surface area contributed by atoms with Crippen molar-refractivity contribution in [3.8, 4) is 0 Å². The highest BCUT2D eigenvalue weighted by atomic mass is 16.1. The third kappa shape index (κ3) is 6.45. The molecule has 4 heteroatoms. The van der Waals surface area contributed by atoms with Gasteiger partial charge in [-0.3, -0.25) is 4.79 Å². The molecule has 0 saturated carbocycles. The molecule has 1 aromatic carbocycles. The van der Waals surface area contributed by atoms with E-state index >= 15 is 0 Å². The third-order valence-corrected chi connectivity index (χ3v) is 3.31. The van der Waals surface area contributed by atoms with E-state index in [-0.39, 0.29) is 5.91 Å².